The summed E-state index contributed by atoms with van der Waals surface area (Å²) < 4.78 is 25.3. The Labute approximate surface area is 152 Å². The predicted molar refractivity (Wildman–Crippen MR) is 101 cm³/mol. The summed E-state index contributed by atoms with van der Waals surface area (Å²) in [6.45, 7) is 11.9. The Balaban J connectivity index is 2.04. The molecule has 0 aromatic heterocycles. The van der Waals surface area contributed by atoms with Crippen LogP contribution in [-0.4, -0.2) is 55.5 Å². The van der Waals surface area contributed by atoms with E-state index in [9.17, 15) is 13.2 Å². The van der Waals surface area contributed by atoms with E-state index in [0.717, 1.165) is 11.1 Å². The molecule has 0 atom stereocenters. The topological polar surface area (TPSA) is 57.7 Å². The molecular weight excluding hydrogens is 336 g/mol. The lowest BCUT2D eigenvalue weighted by Crippen LogP contribution is -2.51. The lowest BCUT2D eigenvalue weighted by Gasteiger charge is -2.34. The van der Waals surface area contributed by atoms with Crippen LogP contribution in [0.15, 0.2) is 18.2 Å². The van der Waals surface area contributed by atoms with Gasteiger partial charge in [0.25, 0.3) is 0 Å². The van der Waals surface area contributed by atoms with Crippen molar-refractivity contribution in [1.82, 2.24) is 9.21 Å². The Morgan fingerprint density at radius 3 is 2.24 bits per heavy atom. The molecule has 1 aliphatic heterocycles. The van der Waals surface area contributed by atoms with Crippen LogP contribution in [0, 0.1) is 6.92 Å². The first kappa shape index (κ1) is 19.9. The summed E-state index contributed by atoms with van der Waals surface area (Å²) in [6.07, 6.45) is 0.371. The van der Waals surface area contributed by atoms with Gasteiger partial charge in [-0.05, 0) is 36.0 Å². The standard InChI is InChI=1S/C19H30N2O3S/c1-6-25(23,24)21-11-9-20(10-12-21)18(22)14-16-13-17(19(3,4)5)8-7-15(16)2/h7-8,13H,6,9-12,14H2,1-5H3. The van der Waals surface area contributed by atoms with Crippen LogP contribution in [0.3, 0.4) is 0 Å². The van der Waals surface area contributed by atoms with Gasteiger partial charge in [-0.15, -0.1) is 0 Å². The fourth-order valence-corrected chi connectivity index (χ4v) is 4.09. The van der Waals surface area contributed by atoms with Gasteiger partial charge in [-0.2, -0.15) is 4.31 Å². The highest BCUT2D eigenvalue weighted by molar-refractivity contribution is 7.89. The fraction of sp³-hybridized carbons (Fsp3) is 0.632. The highest BCUT2D eigenvalue weighted by Gasteiger charge is 2.27. The smallest absolute Gasteiger partial charge is 0.227 e. The minimum absolute atomic E-state index is 0.0473. The number of amides is 1. The molecule has 0 aliphatic carbocycles. The van der Waals surface area contributed by atoms with Crippen LogP contribution in [0.1, 0.15) is 44.4 Å². The monoisotopic (exact) mass is 366 g/mol. The number of carbonyl (C=O) groups is 1. The number of carbonyl (C=O) groups excluding carboxylic acids is 1. The molecule has 1 fully saturated rings. The molecule has 5 nitrogen and oxygen atoms in total. The van der Waals surface area contributed by atoms with E-state index < -0.39 is 10.0 Å². The summed E-state index contributed by atoms with van der Waals surface area (Å²) in [5, 5.41) is 0. The molecule has 0 unspecified atom stereocenters. The molecule has 1 saturated heterocycles. The van der Waals surface area contributed by atoms with E-state index in [4.69, 9.17) is 0 Å². The minimum Gasteiger partial charge on any atom is -0.340 e. The Morgan fingerprint density at radius 2 is 1.72 bits per heavy atom. The van der Waals surface area contributed by atoms with Gasteiger partial charge in [0.05, 0.1) is 12.2 Å². The van der Waals surface area contributed by atoms with Crippen LogP contribution in [0.25, 0.3) is 0 Å². The molecule has 1 aromatic rings. The second kappa shape index (κ2) is 7.46. The summed E-state index contributed by atoms with van der Waals surface area (Å²) in [5.41, 5.74) is 3.44. The maximum atomic E-state index is 12.7. The molecule has 2 rings (SSSR count). The highest BCUT2D eigenvalue weighted by Crippen LogP contribution is 2.25. The summed E-state index contributed by atoms with van der Waals surface area (Å²) in [7, 11) is -3.16. The number of hydrogen-bond acceptors (Lipinski definition) is 3. The zero-order valence-corrected chi connectivity index (χ0v) is 16.8. The van der Waals surface area contributed by atoms with E-state index in [1.807, 2.05) is 6.92 Å². The molecule has 6 heteroatoms. The van der Waals surface area contributed by atoms with Crippen LogP contribution >= 0.6 is 0 Å². The molecule has 1 aliphatic rings. The molecule has 0 spiro atoms. The third-order valence-corrected chi connectivity index (χ3v) is 6.79. The number of sulfonamides is 1. The van der Waals surface area contributed by atoms with Gasteiger partial charge in [0.2, 0.25) is 15.9 Å². The number of rotatable bonds is 4. The molecule has 1 heterocycles. The van der Waals surface area contributed by atoms with Crippen molar-refractivity contribution >= 4 is 15.9 Å². The Morgan fingerprint density at radius 1 is 1.12 bits per heavy atom. The van der Waals surface area contributed by atoms with Crippen molar-refractivity contribution < 1.29 is 13.2 Å². The van der Waals surface area contributed by atoms with Crippen molar-refractivity contribution in [3.63, 3.8) is 0 Å². The van der Waals surface area contributed by atoms with E-state index in [2.05, 4.69) is 39.0 Å². The quantitative estimate of drug-likeness (QED) is 0.822. The van der Waals surface area contributed by atoms with Crippen LogP contribution in [0.2, 0.25) is 0 Å². The van der Waals surface area contributed by atoms with E-state index in [1.54, 1.807) is 11.8 Å². The summed E-state index contributed by atoms with van der Waals surface area (Å²) >= 11 is 0. The van der Waals surface area contributed by atoms with E-state index in [1.165, 1.54) is 9.87 Å². The normalized spacial score (nSPS) is 16.9. The van der Waals surface area contributed by atoms with Crippen molar-refractivity contribution in [3.05, 3.63) is 34.9 Å². The fourth-order valence-electron chi connectivity index (χ4n) is 3.00. The second-order valence-electron chi connectivity index (χ2n) is 7.75. The van der Waals surface area contributed by atoms with Crippen molar-refractivity contribution in [2.24, 2.45) is 0 Å². The molecule has 0 saturated carbocycles. The molecule has 1 amide bonds. The maximum absolute atomic E-state index is 12.7. The predicted octanol–water partition coefficient (Wildman–Crippen LogP) is 2.33. The van der Waals surface area contributed by atoms with Gasteiger partial charge >= 0.3 is 0 Å². The lowest BCUT2D eigenvalue weighted by atomic mass is 9.85. The summed E-state index contributed by atoms with van der Waals surface area (Å²) in [6, 6.07) is 6.33. The number of benzene rings is 1. The lowest BCUT2D eigenvalue weighted by molar-refractivity contribution is -0.131. The molecule has 140 valence electrons. The van der Waals surface area contributed by atoms with Gasteiger partial charge in [0.15, 0.2) is 0 Å². The average Bonchev–Trinajstić information content (AvgIpc) is 2.56. The maximum Gasteiger partial charge on any atom is 0.227 e. The minimum atomic E-state index is -3.16. The Hall–Kier alpha value is -1.40. The van der Waals surface area contributed by atoms with E-state index >= 15 is 0 Å². The number of piperazine rings is 1. The third kappa shape index (κ3) is 4.82. The largest absolute Gasteiger partial charge is 0.340 e. The van der Waals surface area contributed by atoms with Crippen molar-refractivity contribution in [3.8, 4) is 0 Å². The average molecular weight is 367 g/mol. The molecule has 0 N–H and O–H groups in total. The van der Waals surface area contributed by atoms with Crippen LogP contribution < -0.4 is 0 Å². The zero-order valence-electron chi connectivity index (χ0n) is 16.0. The molecule has 0 bridgehead atoms. The molecule has 1 aromatic carbocycles. The van der Waals surface area contributed by atoms with Crippen LogP contribution in [0.5, 0.6) is 0 Å². The van der Waals surface area contributed by atoms with Gasteiger partial charge in [-0.3, -0.25) is 4.79 Å². The van der Waals surface area contributed by atoms with Gasteiger partial charge in [-0.1, -0.05) is 39.0 Å². The second-order valence-corrected chi connectivity index (χ2v) is 10.0. The molecule has 0 radical (unpaired) electrons. The van der Waals surface area contributed by atoms with Gasteiger partial charge in [-0.25, -0.2) is 8.42 Å². The first-order valence-corrected chi connectivity index (χ1v) is 10.5. The number of hydrogen-bond donors (Lipinski definition) is 0. The summed E-state index contributed by atoms with van der Waals surface area (Å²) in [4.78, 5) is 14.4. The SMILES string of the molecule is CCS(=O)(=O)N1CCN(C(=O)Cc2cc(C(C)(C)C)ccc2C)CC1. The summed E-state index contributed by atoms with van der Waals surface area (Å²) in [5.74, 6) is 0.183. The van der Waals surface area contributed by atoms with Crippen LogP contribution in [-0.2, 0) is 26.7 Å². The van der Waals surface area contributed by atoms with E-state index in [-0.39, 0.29) is 17.1 Å². The Bertz CT molecular complexity index is 728. The first-order valence-electron chi connectivity index (χ1n) is 8.90. The third-order valence-electron chi connectivity index (χ3n) is 4.91. The van der Waals surface area contributed by atoms with Crippen molar-refractivity contribution in [2.45, 2.75) is 46.5 Å². The Kier molecular flexibility index (Phi) is 5.94. The number of aryl methyl sites for hydroxylation is 1. The van der Waals surface area contributed by atoms with E-state index in [0.29, 0.717) is 32.6 Å². The van der Waals surface area contributed by atoms with Gasteiger partial charge in [0.1, 0.15) is 0 Å². The van der Waals surface area contributed by atoms with Gasteiger partial charge in [0, 0.05) is 26.2 Å². The van der Waals surface area contributed by atoms with Crippen LogP contribution in [0.4, 0.5) is 0 Å². The number of nitrogens with zero attached hydrogens (tertiary/aromatic N) is 2. The van der Waals surface area contributed by atoms with Crippen molar-refractivity contribution in [1.29, 1.82) is 0 Å². The van der Waals surface area contributed by atoms with Gasteiger partial charge < -0.3 is 4.90 Å². The molecule has 25 heavy (non-hydrogen) atoms. The molecular formula is C19H30N2O3S. The zero-order chi connectivity index (χ0) is 18.8. The first-order chi connectivity index (χ1) is 11.5. The van der Waals surface area contributed by atoms with Crippen molar-refractivity contribution in [2.75, 3.05) is 31.9 Å². The highest BCUT2D eigenvalue weighted by atomic mass is 32.2.